The Morgan fingerprint density at radius 1 is 1.45 bits per heavy atom. The van der Waals surface area contributed by atoms with Crippen LogP contribution in [0.2, 0.25) is 0 Å². The molecular weight excluding hydrogens is 276 g/mol. The summed E-state index contributed by atoms with van der Waals surface area (Å²) in [5.41, 5.74) is 2.25. The minimum absolute atomic E-state index is 0.177. The summed E-state index contributed by atoms with van der Waals surface area (Å²) in [4.78, 5) is 7.06. The van der Waals surface area contributed by atoms with E-state index in [0.29, 0.717) is 12.7 Å². The molecule has 0 aliphatic carbocycles. The van der Waals surface area contributed by atoms with E-state index >= 15 is 0 Å². The monoisotopic (exact) mass is 304 g/mol. The van der Waals surface area contributed by atoms with Crippen molar-refractivity contribution in [2.75, 3.05) is 32.8 Å². The van der Waals surface area contributed by atoms with Gasteiger partial charge in [0.05, 0.1) is 25.0 Å². The van der Waals surface area contributed by atoms with Gasteiger partial charge in [-0.15, -0.1) is 0 Å². The van der Waals surface area contributed by atoms with E-state index in [-0.39, 0.29) is 5.41 Å². The van der Waals surface area contributed by atoms with Crippen molar-refractivity contribution in [3.63, 3.8) is 0 Å². The molecule has 4 nitrogen and oxygen atoms in total. The average Bonchev–Trinajstić information content (AvgIpc) is 2.54. The number of aryl methyl sites for hydroxylation is 1. The topological polar surface area (TPSA) is 34.6 Å². The lowest BCUT2D eigenvalue weighted by Gasteiger charge is -2.50. The summed E-state index contributed by atoms with van der Waals surface area (Å²) in [5.74, 6) is 0. The van der Waals surface area contributed by atoms with E-state index in [0.717, 1.165) is 57.1 Å². The van der Waals surface area contributed by atoms with Crippen LogP contribution in [0, 0.1) is 12.3 Å². The van der Waals surface area contributed by atoms with Crippen LogP contribution in [0.4, 0.5) is 0 Å². The van der Waals surface area contributed by atoms with Gasteiger partial charge in [-0.25, -0.2) is 0 Å². The molecular formula is C18H28N2O2. The first-order valence-electron chi connectivity index (χ1n) is 8.56. The van der Waals surface area contributed by atoms with Crippen molar-refractivity contribution in [2.24, 2.45) is 5.41 Å². The predicted octanol–water partition coefficient (Wildman–Crippen LogP) is 2.80. The van der Waals surface area contributed by atoms with Crippen LogP contribution in [0.15, 0.2) is 18.2 Å². The van der Waals surface area contributed by atoms with E-state index < -0.39 is 0 Å². The Kier molecular flexibility index (Phi) is 5.11. The molecule has 2 atom stereocenters. The Balaban J connectivity index is 1.62. The maximum Gasteiger partial charge on any atom is 0.0888 e. The van der Waals surface area contributed by atoms with Crippen LogP contribution in [0.1, 0.15) is 37.6 Å². The highest BCUT2D eigenvalue weighted by Gasteiger charge is 2.45. The largest absolute Gasteiger partial charge is 0.377 e. The summed E-state index contributed by atoms with van der Waals surface area (Å²) >= 11 is 0. The molecule has 22 heavy (non-hydrogen) atoms. The number of hydrogen-bond donors (Lipinski definition) is 0. The third-order valence-electron chi connectivity index (χ3n) is 5.10. The van der Waals surface area contributed by atoms with Crippen molar-refractivity contribution >= 4 is 0 Å². The Morgan fingerprint density at radius 2 is 2.36 bits per heavy atom. The average molecular weight is 304 g/mol. The molecule has 0 aromatic carbocycles. The van der Waals surface area contributed by atoms with Crippen LogP contribution in [0.5, 0.6) is 0 Å². The Morgan fingerprint density at radius 3 is 3.18 bits per heavy atom. The third-order valence-corrected chi connectivity index (χ3v) is 5.10. The van der Waals surface area contributed by atoms with E-state index in [2.05, 4.69) is 16.8 Å². The highest BCUT2D eigenvalue weighted by Crippen LogP contribution is 2.40. The first kappa shape index (κ1) is 15.9. The lowest BCUT2D eigenvalue weighted by Crippen LogP contribution is -2.56. The van der Waals surface area contributed by atoms with E-state index in [1.807, 2.05) is 25.1 Å². The summed E-state index contributed by atoms with van der Waals surface area (Å²) < 4.78 is 12.2. The number of ether oxygens (including phenoxy) is 2. The van der Waals surface area contributed by atoms with Crippen LogP contribution in [-0.2, 0) is 16.1 Å². The van der Waals surface area contributed by atoms with Gasteiger partial charge in [0.15, 0.2) is 0 Å². The molecule has 2 saturated heterocycles. The molecule has 2 aliphatic heterocycles. The summed E-state index contributed by atoms with van der Waals surface area (Å²) in [7, 11) is 0. The number of aromatic nitrogens is 1. The van der Waals surface area contributed by atoms with Gasteiger partial charge in [-0.1, -0.05) is 13.0 Å². The van der Waals surface area contributed by atoms with Gasteiger partial charge in [0.1, 0.15) is 0 Å². The van der Waals surface area contributed by atoms with E-state index in [1.54, 1.807) is 0 Å². The number of pyridine rings is 1. The SMILES string of the molecule is CCN1CC[C@H]2OCCC[C@]2(COCc2cccc(C)n2)C1. The lowest BCUT2D eigenvalue weighted by atomic mass is 9.73. The second-order valence-corrected chi connectivity index (χ2v) is 6.75. The normalized spacial score (nSPS) is 29.3. The molecule has 2 aliphatic rings. The summed E-state index contributed by atoms with van der Waals surface area (Å²) in [6.45, 7) is 9.94. The van der Waals surface area contributed by atoms with Gasteiger partial charge in [0, 0.05) is 30.8 Å². The Labute approximate surface area is 133 Å². The number of hydrogen-bond acceptors (Lipinski definition) is 4. The number of fused-ring (bicyclic) bond motifs is 1. The van der Waals surface area contributed by atoms with Crippen LogP contribution in [0.25, 0.3) is 0 Å². The van der Waals surface area contributed by atoms with Gasteiger partial charge in [-0.05, 0) is 44.9 Å². The molecule has 4 heteroatoms. The maximum absolute atomic E-state index is 6.10. The van der Waals surface area contributed by atoms with Crippen LogP contribution in [0.3, 0.4) is 0 Å². The number of likely N-dealkylation sites (tertiary alicyclic amines) is 1. The molecule has 0 unspecified atom stereocenters. The van der Waals surface area contributed by atoms with Crippen molar-refractivity contribution in [1.29, 1.82) is 0 Å². The fraction of sp³-hybridized carbons (Fsp3) is 0.722. The molecule has 122 valence electrons. The summed E-state index contributed by atoms with van der Waals surface area (Å²) in [5, 5.41) is 0. The first-order valence-corrected chi connectivity index (χ1v) is 8.56. The summed E-state index contributed by atoms with van der Waals surface area (Å²) in [6, 6.07) is 6.11. The predicted molar refractivity (Wildman–Crippen MR) is 86.8 cm³/mol. The molecule has 0 spiro atoms. The molecule has 3 rings (SSSR count). The van der Waals surface area contributed by atoms with Gasteiger partial charge < -0.3 is 14.4 Å². The minimum Gasteiger partial charge on any atom is -0.377 e. The lowest BCUT2D eigenvalue weighted by molar-refractivity contribution is -0.154. The molecule has 0 saturated carbocycles. The maximum atomic E-state index is 6.10. The first-order chi connectivity index (χ1) is 10.7. The number of nitrogens with zero attached hydrogens (tertiary/aromatic N) is 2. The molecule has 3 heterocycles. The fourth-order valence-electron chi connectivity index (χ4n) is 3.90. The minimum atomic E-state index is 0.177. The zero-order valence-corrected chi connectivity index (χ0v) is 13.9. The smallest absolute Gasteiger partial charge is 0.0888 e. The molecule has 0 amide bonds. The fourth-order valence-corrected chi connectivity index (χ4v) is 3.90. The highest BCUT2D eigenvalue weighted by atomic mass is 16.5. The zero-order chi connectivity index (χ0) is 15.4. The van der Waals surface area contributed by atoms with E-state index in [4.69, 9.17) is 9.47 Å². The van der Waals surface area contributed by atoms with Crippen molar-refractivity contribution < 1.29 is 9.47 Å². The van der Waals surface area contributed by atoms with E-state index in [1.165, 1.54) is 6.42 Å². The Bertz CT molecular complexity index is 494. The van der Waals surface area contributed by atoms with E-state index in [9.17, 15) is 0 Å². The molecule has 0 bridgehead atoms. The second-order valence-electron chi connectivity index (χ2n) is 6.75. The van der Waals surface area contributed by atoms with Gasteiger partial charge in [-0.3, -0.25) is 4.98 Å². The van der Waals surface area contributed by atoms with Crippen molar-refractivity contribution in [1.82, 2.24) is 9.88 Å². The van der Waals surface area contributed by atoms with Gasteiger partial charge in [-0.2, -0.15) is 0 Å². The number of piperidine rings is 1. The van der Waals surface area contributed by atoms with Crippen LogP contribution >= 0.6 is 0 Å². The molecule has 0 radical (unpaired) electrons. The molecule has 0 N–H and O–H groups in total. The summed E-state index contributed by atoms with van der Waals surface area (Å²) in [6.07, 6.45) is 3.88. The van der Waals surface area contributed by atoms with Gasteiger partial charge in [0.2, 0.25) is 0 Å². The molecule has 2 fully saturated rings. The standard InChI is InChI=1S/C18H28N2O2/c1-3-20-10-8-17-18(13-20,9-5-11-22-17)14-21-12-16-7-4-6-15(2)19-16/h4,6-7,17H,3,5,8-14H2,1-2H3/t17-,18-/m1/s1. The highest BCUT2D eigenvalue weighted by molar-refractivity contribution is 5.09. The van der Waals surface area contributed by atoms with Gasteiger partial charge >= 0.3 is 0 Å². The van der Waals surface area contributed by atoms with Crippen molar-refractivity contribution in [3.8, 4) is 0 Å². The van der Waals surface area contributed by atoms with Crippen molar-refractivity contribution in [2.45, 2.75) is 45.8 Å². The second kappa shape index (κ2) is 7.07. The molecule has 1 aromatic rings. The Hall–Kier alpha value is -0.970. The third kappa shape index (κ3) is 3.50. The quantitative estimate of drug-likeness (QED) is 0.838. The zero-order valence-electron chi connectivity index (χ0n) is 13.9. The molecule has 1 aromatic heterocycles. The van der Waals surface area contributed by atoms with Gasteiger partial charge in [0.25, 0.3) is 0 Å². The van der Waals surface area contributed by atoms with Crippen LogP contribution < -0.4 is 0 Å². The van der Waals surface area contributed by atoms with Crippen molar-refractivity contribution in [3.05, 3.63) is 29.6 Å². The number of rotatable bonds is 5. The van der Waals surface area contributed by atoms with Crippen LogP contribution in [-0.4, -0.2) is 48.8 Å².